The maximum atomic E-state index is 13.1. The number of aromatic nitrogens is 4. The maximum Gasteiger partial charge on any atom is 0.453 e. The normalized spacial score (nSPS) is 15.5. The van der Waals surface area contributed by atoms with Gasteiger partial charge in [-0.2, -0.15) is 17.7 Å². The van der Waals surface area contributed by atoms with Crippen molar-refractivity contribution in [3.63, 3.8) is 0 Å². The van der Waals surface area contributed by atoms with Crippen LogP contribution in [0.15, 0.2) is 30.3 Å². The molecule has 0 radical (unpaired) electrons. The van der Waals surface area contributed by atoms with E-state index in [0.29, 0.717) is 51.9 Å². The zero-order chi connectivity index (χ0) is 22.2. The van der Waals surface area contributed by atoms with Gasteiger partial charge in [0, 0.05) is 28.7 Å². The van der Waals surface area contributed by atoms with Gasteiger partial charge in [0.1, 0.15) is 12.4 Å². The Hall–Kier alpha value is -2.59. The number of esters is 1. The van der Waals surface area contributed by atoms with Gasteiger partial charge in [-0.25, -0.2) is 0 Å². The summed E-state index contributed by atoms with van der Waals surface area (Å²) in [6.45, 7) is 0.939. The number of carbonyl (C=O) groups excluding carboxylic acids is 1. The fourth-order valence-electron chi connectivity index (χ4n) is 3.37. The number of piperidine rings is 1. The first kappa shape index (κ1) is 21.6. The summed E-state index contributed by atoms with van der Waals surface area (Å²) < 4.78 is 45.3. The lowest BCUT2D eigenvalue weighted by Gasteiger charge is -2.31. The Kier molecular flexibility index (Phi) is 5.94. The van der Waals surface area contributed by atoms with Crippen LogP contribution in [0, 0.1) is 5.92 Å². The van der Waals surface area contributed by atoms with E-state index >= 15 is 0 Å². The molecule has 31 heavy (non-hydrogen) atoms. The Labute approximate surface area is 184 Å². The number of nitrogens with zero attached hydrogens (tertiary/aromatic N) is 5. The second-order valence-corrected chi connectivity index (χ2v) is 7.93. The van der Waals surface area contributed by atoms with E-state index in [0.717, 1.165) is 0 Å². The lowest BCUT2D eigenvalue weighted by atomic mass is 9.97. The molecule has 3 aromatic rings. The van der Waals surface area contributed by atoms with Crippen LogP contribution in [-0.2, 0) is 22.3 Å². The number of hydrogen-bond acceptors (Lipinski definition) is 6. The van der Waals surface area contributed by atoms with Crippen molar-refractivity contribution in [3.05, 3.63) is 51.8 Å². The van der Waals surface area contributed by atoms with Crippen molar-refractivity contribution >= 4 is 40.6 Å². The topological polar surface area (TPSA) is 72.6 Å². The van der Waals surface area contributed by atoms with E-state index in [-0.39, 0.29) is 24.1 Å². The highest BCUT2D eigenvalue weighted by molar-refractivity contribution is 6.35. The fourth-order valence-corrected chi connectivity index (χ4v) is 3.84. The van der Waals surface area contributed by atoms with Gasteiger partial charge in [-0.05, 0) is 37.1 Å². The number of carbonyl (C=O) groups is 1. The lowest BCUT2D eigenvalue weighted by Crippen LogP contribution is -2.37. The minimum absolute atomic E-state index is 0.00963. The van der Waals surface area contributed by atoms with E-state index in [2.05, 4.69) is 15.3 Å². The number of anilines is 1. The number of fused-ring (bicyclic) bond motifs is 1. The van der Waals surface area contributed by atoms with E-state index in [1.165, 1.54) is 6.07 Å². The molecule has 1 fully saturated rings. The number of benzene rings is 1. The maximum absolute atomic E-state index is 13.1. The number of alkyl halides is 3. The quantitative estimate of drug-likeness (QED) is 0.522. The molecule has 0 bridgehead atoms. The Morgan fingerprint density at radius 3 is 2.55 bits per heavy atom. The van der Waals surface area contributed by atoms with Crippen molar-refractivity contribution in [1.29, 1.82) is 0 Å². The van der Waals surface area contributed by atoms with Gasteiger partial charge in [0.15, 0.2) is 5.65 Å². The molecule has 7 nitrogen and oxygen atoms in total. The van der Waals surface area contributed by atoms with Gasteiger partial charge in [0.05, 0.1) is 5.92 Å². The summed E-state index contributed by atoms with van der Waals surface area (Å²) in [5.41, 5.74) is 0.666. The Morgan fingerprint density at radius 2 is 1.87 bits per heavy atom. The van der Waals surface area contributed by atoms with Crippen LogP contribution in [0.5, 0.6) is 0 Å². The Bertz CT molecular complexity index is 1110. The third-order valence-corrected chi connectivity index (χ3v) is 5.63. The predicted octanol–water partition coefficient (Wildman–Crippen LogP) is 4.41. The average Bonchev–Trinajstić information content (AvgIpc) is 3.17. The van der Waals surface area contributed by atoms with Crippen LogP contribution in [0.4, 0.5) is 19.0 Å². The number of rotatable bonds is 4. The van der Waals surface area contributed by atoms with Crippen LogP contribution in [-0.4, -0.2) is 38.9 Å². The molecule has 0 aliphatic carbocycles. The summed E-state index contributed by atoms with van der Waals surface area (Å²) in [5.74, 6) is -1.47. The van der Waals surface area contributed by atoms with Crippen LogP contribution >= 0.6 is 23.2 Å². The van der Waals surface area contributed by atoms with E-state index in [1.54, 1.807) is 24.3 Å². The smallest absolute Gasteiger partial charge is 0.453 e. The fraction of sp³-hybridized carbons (Fsp3) is 0.368. The van der Waals surface area contributed by atoms with E-state index in [1.807, 2.05) is 4.90 Å². The SMILES string of the molecule is O=C(OCc1ccc(Cl)cc1Cl)C1CCN(c2ccc3nnc(C(F)(F)F)n3n2)CC1. The van der Waals surface area contributed by atoms with Crippen molar-refractivity contribution in [2.75, 3.05) is 18.0 Å². The molecule has 0 N–H and O–H groups in total. The van der Waals surface area contributed by atoms with Crippen LogP contribution in [0.1, 0.15) is 24.2 Å². The Morgan fingerprint density at radius 1 is 1.13 bits per heavy atom. The first-order valence-electron chi connectivity index (χ1n) is 9.37. The van der Waals surface area contributed by atoms with Crippen molar-refractivity contribution in [2.45, 2.75) is 25.6 Å². The molecule has 0 atom stereocenters. The summed E-state index contributed by atoms with van der Waals surface area (Å²) in [6, 6.07) is 7.96. The molecule has 0 saturated carbocycles. The number of hydrogen-bond donors (Lipinski definition) is 0. The summed E-state index contributed by atoms with van der Waals surface area (Å²) >= 11 is 11.9. The molecule has 1 aromatic carbocycles. The second-order valence-electron chi connectivity index (χ2n) is 7.09. The van der Waals surface area contributed by atoms with E-state index < -0.39 is 12.0 Å². The summed E-state index contributed by atoms with van der Waals surface area (Å²) in [6.07, 6.45) is -3.68. The zero-order valence-electron chi connectivity index (χ0n) is 15.9. The van der Waals surface area contributed by atoms with Crippen molar-refractivity contribution in [1.82, 2.24) is 19.8 Å². The van der Waals surface area contributed by atoms with Gasteiger partial charge in [0.2, 0.25) is 0 Å². The molecule has 12 heteroatoms. The third kappa shape index (κ3) is 4.69. The zero-order valence-corrected chi connectivity index (χ0v) is 17.5. The van der Waals surface area contributed by atoms with Crippen LogP contribution in [0.25, 0.3) is 5.65 Å². The van der Waals surface area contributed by atoms with Crippen molar-refractivity contribution in [3.8, 4) is 0 Å². The van der Waals surface area contributed by atoms with Crippen molar-refractivity contribution < 1.29 is 22.7 Å². The van der Waals surface area contributed by atoms with Gasteiger partial charge >= 0.3 is 12.1 Å². The minimum atomic E-state index is -4.66. The van der Waals surface area contributed by atoms with Gasteiger partial charge in [0.25, 0.3) is 5.82 Å². The minimum Gasteiger partial charge on any atom is -0.461 e. The first-order valence-corrected chi connectivity index (χ1v) is 10.1. The third-order valence-electron chi connectivity index (χ3n) is 5.04. The standard InChI is InChI=1S/C19H16Cl2F3N5O2/c20-13-2-1-12(14(21)9-13)10-31-17(30)11-5-7-28(8-6-11)16-4-3-15-25-26-18(19(22,23)24)29(15)27-16/h1-4,9,11H,5-8,10H2. The predicted molar refractivity (Wildman–Crippen MR) is 107 cm³/mol. The molecule has 0 spiro atoms. The number of ether oxygens (including phenoxy) is 1. The monoisotopic (exact) mass is 473 g/mol. The molecule has 1 aliphatic rings. The highest BCUT2D eigenvalue weighted by atomic mass is 35.5. The van der Waals surface area contributed by atoms with Gasteiger partial charge in [-0.3, -0.25) is 4.79 Å². The van der Waals surface area contributed by atoms with E-state index in [9.17, 15) is 18.0 Å². The molecule has 1 saturated heterocycles. The lowest BCUT2D eigenvalue weighted by molar-refractivity contribution is -0.150. The molecular formula is C19H16Cl2F3N5O2. The average molecular weight is 474 g/mol. The molecule has 0 unspecified atom stereocenters. The second kappa shape index (κ2) is 8.51. The van der Waals surface area contributed by atoms with Crippen LogP contribution in [0.2, 0.25) is 10.0 Å². The first-order chi connectivity index (χ1) is 14.7. The molecule has 164 valence electrons. The van der Waals surface area contributed by atoms with E-state index in [4.69, 9.17) is 27.9 Å². The van der Waals surface area contributed by atoms with Crippen LogP contribution in [0.3, 0.4) is 0 Å². The molecule has 4 rings (SSSR count). The van der Waals surface area contributed by atoms with Gasteiger partial charge in [-0.15, -0.1) is 15.3 Å². The number of halogens is 5. The molecule has 1 aliphatic heterocycles. The highest BCUT2D eigenvalue weighted by Gasteiger charge is 2.38. The molecule has 0 amide bonds. The molecule has 2 aromatic heterocycles. The highest BCUT2D eigenvalue weighted by Crippen LogP contribution is 2.29. The molecule has 3 heterocycles. The van der Waals surface area contributed by atoms with Crippen molar-refractivity contribution in [2.24, 2.45) is 5.92 Å². The Balaban J connectivity index is 1.37. The molecular weight excluding hydrogens is 458 g/mol. The van der Waals surface area contributed by atoms with Crippen LogP contribution < -0.4 is 4.90 Å². The van der Waals surface area contributed by atoms with Gasteiger partial charge < -0.3 is 9.64 Å². The summed E-state index contributed by atoms with van der Waals surface area (Å²) in [5, 5.41) is 11.6. The largest absolute Gasteiger partial charge is 0.461 e. The summed E-state index contributed by atoms with van der Waals surface area (Å²) in [7, 11) is 0. The van der Waals surface area contributed by atoms with Gasteiger partial charge in [-0.1, -0.05) is 29.3 Å². The summed E-state index contributed by atoms with van der Waals surface area (Å²) in [4.78, 5) is 14.2.